The standard InChI is InChI=1S/C11H15N2.CH4O4S/c1-13(2,3)11(9-12)10-7-5-4-6-8-10;1-5-6(2,3)4/h4-8,11H,1-3H3;1H3,(H,2,3,4)/q+1;/p-1. The van der Waals surface area contributed by atoms with Gasteiger partial charge in [0, 0.05) is 5.56 Å². The van der Waals surface area contributed by atoms with Crippen molar-refractivity contribution >= 4 is 10.4 Å². The van der Waals surface area contributed by atoms with Crippen LogP contribution in [0.3, 0.4) is 0 Å². The fraction of sp³-hybridized carbons (Fsp3) is 0.417. The average molecular weight is 286 g/mol. The second kappa shape index (κ2) is 7.21. The summed E-state index contributed by atoms with van der Waals surface area (Å²) in [5.41, 5.74) is 1.08. The van der Waals surface area contributed by atoms with Crippen molar-refractivity contribution in [1.29, 1.82) is 5.26 Å². The van der Waals surface area contributed by atoms with Gasteiger partial charge in [-0.1, -0.05) is 30.3 Å². The van der Waals surface area contributed by atoms with E-state index in [1.807, 2.05) is 51.5 Å². The monoisotopic (exact) mass is 286 g/mol. The molecule has 6 nitrogen and oxygen atoms in total. The Balaban J connectivity index is 0.000000459. The highest BCUT2D eigenvalue weighted by Gasteiger charge is 2.24. The number of nitrogens with zero attached hydrogens (tertiary/aromatic N) is 2. The molecule has 0 aliphatic carbocycles. The lowest BCUT2D eigenvalue weighted by atomic mass is 10.1. The minimum atomic E-state index is -4.41. The van der Waals surface area contributed by atoms with Crippen molar-refractivity contribution in [2.24, 2.45) is 0 Å². The van der Waals surface area contributed by atoms with Crippen LogP contribution in [0.4, 0.5) is 0 Å². The molecule has 0 aromatic heterocycles. The van der Waals surface area contributed by atoms with Crippen LogP contribution in [0.25, 0.3) is 0 Å². The Labute approximate surface area is 114 Å². The van der Waals surface area contributed by atoms with E-state index in [-0.39, 0.29) is 6.04 Å². The predicted molar refractivity (Wildman–Crippen MR) is 69.5 cm³/mol. The lowest BCUT2D eigenvalue weighted by molar-refractivity contribution is -0.893. The van der Waals surface area contributed by atoms with Crippen LogP contribution in [0, 0.1) is 11.3 Å². The molecule has 1 atom stereocenters. The maximum atomic E-state index is 9.22. The molecule has 0 aliphatic heterocycles. The summed E-state index contributed by atoms with van der Waals surface area (Å²) in [6.07, 6.45) is 0. The molecule has 0 saturated carbocycles. The van der Waals surface area contributed by atoms with Crippen LogP contribution >= 0.6 is 0 Å². The first kappa shape index (κ1) is 17.5. The summed E-state index contributed by atoms with van der Waals surface area (Å²) >= 11 is 0. The lowest BCUT2D eigenvalue weighted by Crippen LogP contribution is -2.37. The molecule has 19 heavy (non-hydrogen) atoms. The number of hydrogen-bond acceptors (Lipinski definition) is 5. The molecule has 0 aliphatic rings. The maximum absolute atomic E-state index is 9.22. The van der Waals surface area contributed by atoms with Gasteiger partial charge in [0.2, 0.25) is 16.4 Å². The van der Waals surface area contributed by atoms with Gasteiger partial charge in [0.1, 0.15) is 6.07 Å². The summed E-state index contributed by atoms with van der Waals surface area (Å²) in [7, 11) is 2.48. The molecule has 0 N–H and O–H groups in total. The molecule has 106 valence electrons. The van der Waals surface area contributed by atoms with Gasteiger partial charge in [0.05, 0.1) is 28.3 Å². The van der Waals surface area contributed by atoms with Gasteiger partial charge in [0.25, 0.3) is 0 Å². The molecule has 1 aromatic rings. The zero-order valence-corrected chi connectivity index (χ0v) is 12.2. The van der Waals surface area contributed by atoms with Crippen molar-refractivity contribution in [3.05, 3.63) is 35.9 Å². The van der Waals surface area contributed by atoms with Crippen LogP contribution in [0.15, 0.2) is 30.3 Å². The predicted octanol–water partition coefficient (Wildman–Crippen LogP) is 1.05. The van der Waals surface area contributed by atoms with Crippen molar-refractivity contribution in [1.82, 2.24) is 0 Å². The van der Waals surface area contributed by atoms with E-state index in [1.54, 1.807) is 0 Å². The Kier molecular flexibility index (Phi) is 6.65. The SMILES string of the molecule is COS(=O)(=O)[O-].C[N+](C)(C)C(C#N)c1ccccc1. The zero-order valence-electron chi connectivity index (χ0n) is 11.4. The molecule has 0 radical (unpaired) electrons. The van der Waals surface area contributed by atoms with E-state index >= 15 is 0 Å². The van der Waals surface area contributed by atoms with Crippen molar-refractivity contribution in [2.75, 3.05) is 28.3 Å². The van der Waals surface area contributed by atoms with Gasteiger partial charge in [-0.3, -0.25) is 4.18 Å². The molecule has 0 heterocycles. The van der Waals surface area contributed by atoms with Gasteiger partial charge in [-0.05, 0) is 0 Å². The Hall–Kier alpha value is -1.46. The zero-order chi connectivity index (χ0) is 15.1. The molecular weight excluding hydrogens is 268 g/mol. The highest BCUT2D eigenvalue weighted by Crippen LogP contribution is 2.21. The largest absolute Gasteiger partial charge is 0.726 e. The number of nitriles is 1. The minimum Gasteiger partial charge on any atom is -0.726 e. The smallest absolute Gasteiger partial charge is 0.217 e. The molecular formula is C12H18N2O4S. The molecule has 1 unspecified atom stereocenters. The van der Waals surface area contributed by atoms with E-state index in [9.17, 15) is 13.0 Å². The third-order valence-electron chi connectivity index (χ3n) is 2.22. The number of quaternary nitrogens is 1. The van der Waals surface area contributed by atoms with Crippen LogP contribution in [-0.4, -0.2) is 45.7 Å². The second-order valence-electron chi connectivity index (χ2n) is 4.63. The lowest BCUT2D eigenvalue weighted by Gasteiger charge is -2.29. The Morgan fingerprint density at radius 1 is 1.26 bits per heavy atom. The fourth-order valence-corrected chi connectivity index (χ4v) is 1.33. The van der Waals surface area contributed by atoms with Crippen molar-refractivity contribution in [2.45, 2.75) is 6.04 Å². The van der Waals surface area contributed by atoms with E-state index in [0.717, 1.165) is 12.7 Å². The van der Waals surface area contributed by atoms with Crippen molar-refractivity contribution in [3.63, 3.8) is 0 Å². The van der Waals surface area contributed by atoms with Crippen LogP contribution in [0.2, 0.25) is 0 Å². The van der Waals surface area contributed by atoms with Crippen LogP contribution in [0.1, 0.15) is 11.6 Å². The van der Waals surface area contributed by atoms with Crippen LogP contribution in [0.5, 0.6) is 0 Å². The molecule has 7 heteroatoms. The molecule has 0 fully saturated rings. The number of benzene rings is 1. The van der Waals surface area contributed by atoms with Gasteiger partial charge in [-0.2, -0.15) is 5.26 Å². The summed E-state index contributed by atoms with van der Waals surface area (Å²) in [4.78, 5) is 0. The first-order valence-electron chi connectivity index (χ1n) is 5.39. The van der Waals surface area contributed by atoms with Gasteiger partial charge in [-0.25, -0.2) is 8.42 Å². The second-order valence-corrected chi connectivity index (χ2v) is 5.78. The van der Waals surface area contributed by atoms with E-state index in [2.05, 4.69) is 10.3 Å². The summed E-state index contributed by atoms with van der Waals surface area (Å²) in [5, 5.41) is 9.05. The van der Waals surface area contributed by atoms with Crippen molar-refractivity contribution in [3.8, 4) is 6.07 Å². The van der Waals surface area contributed by atoms with Gasteiger partial charge < -0.3 is 9.04 Å². The van der Waals surface area contributed by atoms with Crippen molar-refractivity contribution < 1.29 is 21.6 Å². The molecule has 1 rings (SSSR count). The van der Waals surface area contributed by atoms with Gasteiger partial charge in [-0.15, -0.1) is 0 Å². The number of hydrogen-bond donors (Lipinski definition) is 0. The summed E-state index contributed by atoms with van der Waals surface area (Å²) in [6, 6.07) is 12.1. The van der Waals surface area contributed by atoms with Crippen LogP contribution < -0.4 is 0 Å². The molecule has 0 bridgehead atoms. The normalized spacial score (nSPS) is 12.8. The summed E-state index contributed by atoms with van der Waals surface area (Å²) in [6.45, 7) is 0. The first-order chi connectivity index (χ1) is 8.61. The first-order valence-corrected chi connectivity index (χ1v) is 6.72. The number of rotatable bonds is 3. The highest BCUT2D eigenvalue weighted by atomic mass is 32.3. The molecule has 0 spiro atoms. The summed E-state index contributed by atoms with van der Waals surface area (Å²) in [5.74, 6) is 0. The Bertz CT molecular complexity index is 515. The molecule has 1 aromatic carbocycles. The molecule has 0 saturated heterocycles. The fourth-order valence-electron chi connectivity index (χ4n) is 1.33. The Morgan fingerprint density at radius 3 is 1.95 bits per heavy atom. The molecule has 0 amide bonds. The van der Waals surface area contributed by atoms with E-state index in [4.69, 9.17) is 5.26 Å². The third kappa shape index (κ3) is 7.54. The third-order valence-corrected chi connectivity index (χ3v) is 2.62. The highest BCUT2D eigenvalue weighted by molar-refractivity contribution is 7.80. The van der Waals surface area contributed by atoms with E-state index in [0.29, 0.717) is 4.48 Å². The van der Waals surface area contributed by atoms with Crippen LogP contribution in [-0.2, 0) is 14.6 Å². The Morgan fingerprint density at radius 2 is 1.68 bits per heavy atom. The van der Waals surface area contributed by atoms with E-state index in [1.165, 1.54) is 0 Å². The maximum Gasteiger partial charge on any atom is 0.217 e. The quantitative estimate of drug-likeness (QED) is 0.470. The topological polar surface area (TPSA) is 90.2 Å². The average Bonchev–Trinajstić information content (AvgIpc) is 2.29. The van der Waals surface area contributed by atoms with Gasteiger partial charge in [0.15, 0.2) is 0 Å². The minimum absolute atomic E-state index is 0.0822. The van der Waals surface area contributed by atoms with Gasteiger partial charge >= 0.3 is 0 Å². The summed E-state index contributed by atoms with van der Waals surface area (Å²) < 4.78 is 31.7. The van der Waals surface area contributed by atoms with E-state index < -0.39 is 10.4 Å².